The van der Waals surface area contributed by atoms with Gasteiger partial charge in [-0.05, 0) is 18.6 Å². The number of rotatable bonds is 0. The first-order chi connectivity index (χ1) is 4.61. The summed E-state index contributed by atoms with van der Waals surface area (Å²) in [4.78, 5) is 0. The van der Waals surface area contributed by atoms with Crippen LogP contribution in [0, 0.1) is 30.4 Å². The van der Waals surface area contributed by atoms with E-state index in [0.717, 1.165) is 6.07 Å². The summed E-state index contributed by atoms with van der Waals surface area (Å²) in [5, 5.41) is 0. The Balaban J connectivity index is 3.31. The number of benzene rings is 1. The molecule has 0 aliphatic carbocycles. The molecule has 0 atom stereocenters. The van der Waals surface area contributed by atoms with Gasteiger partial charge in [-0.2, -0.15) is 0 Å². The maximum Gasteiger partial charge on any atom is 0.195 e. The quantitative estimate of drug-likeness (QED) is 0.491. The standard InChI is InChI=1S/C7H4F3/c1-4-2-5(8)7(10)6(9)3-4/h2H,1H3. The second-order valence-corrected chi connectivity index (χ2v) is 1.93. The summed E-state index contributed by atoms with van der Waals surface area (Å²) < 4.78 is 36.5. The van der Waals surface area contributed by atoms with Gasteiger partial charge in [-0.25, -0.2) is 13.2 Å². The molecular weight excluding hydrogens is 141 g/mol. The van der Waals surface area contributed by atoms with Gasteiger partial charge in [0.2, 0.25) is 0 Å². The molecule has 0 nitrogen and oxygen atoms in total. The molecule has 10 heavy (non-hydrogen) atoms. The lowest BCUT2D eigenvalue weighted by Crippen LogP contribution is -1.91. The molecule has 0 spiro atoms. The molecule has 0 unspecified atom stereocenters. The molecule has 0 saturated heterocycles. The van der Waals surface area contributed by atoms with Crippen molar-refractivity contribution >= 4 is 0 Å². The highest BCUT2D eigenvalue weighted by Gasteiger charge is 2.07. The summed E-state index contributed by atoms with van der Waals surface area (Å²) in [5.41, 5.74) is 0.247. The van der Waals surface area contributed by atoms with Crippen molar-refractivity contribution in [2.24, 2.45) is 0 Å². The Morgan fingerprint density at radius 3 is 2.40 bits per heavy atom. The third-order valence-electron chi connectivity index (χ3n) is 1.05. The third-order valence-corrected chi connectivity index (χ3v) is 1.05. The van der Waals surface area contributed by atoms with Crippen molar-refractivity contribution in [3.63, 3.8) is 0 Å². The highest BCUT2D eigenvalue weighted by molar-refractivity contribution is 5.15. The number of halogens is 3. The Kier molecular flexibility index (Phi) is 1.66. The van der Waals surface area contributed by atoms with Gasteiger partial charge in [0.15, 0.2) is 17.5 Å². The lowest BCUT2D eigenvalue weighted by Gasteiger charge is -1.94. The molecular formula is C7H4F3. The number of hydrogen-bond donors (Lipinski definition) is 0. The molecule has 53 valence electrons. The van der Waals surface area contributed by atoms with E-state index in [-0.39, 0.29) is 5.56 Å². The number of aryl methyl sites for hydroxylation is 1. The molecule has 1 aromatic carbocycles. The maximum atomic E-state index is 12.2. The minimum atomic E-state index is -1.47. The van der Waals surface area contributed by atoms with Crippen LogP contribution in [-0.2, 0) is 0 Å². The van der Waals surface area contributed by atoms with Gasteiger partial charge in [0.25, 0.3) is 0 Å². The van der Waals surface area contributed by atoms with Crippen molar-refractivity contribution in [1.82, 2.24) is 0 Å². The van der Waals surface area contributed by atoms with Crippen molar-refractivity contribution in [3.05, 3.63) is 35.1 Å². The van der Waals surface area contributed by atoms with Crippen LogP contribution >= 0.6 is 0 Å². The van der Waals surface area contributed by atoms with Crippen LogP contribution in [0.5, 0.6) is 0 Å². The molecule has 0 aliphatic rings. The molecule has 0 aliphatic heterocycles. The van der Waals surface area contributed by atoms with Crippen molar-refractivity contribution in [2.75, 3.05) is 0 Å². The van der Waals surface area contributed by atoms with Gasteiger partial charge in [0, 0.05) is 6.07 Å². The Morgan fingerprint density at radius 2 is 1.90 bits per heavy atom. The second-order valence-electron chi connectivity index (χ2n) is 1.93. The lowest BCUT2D eigenvalue weighted by molar-refractivity contribution is 0.445. The largest absolute Gasteiger partial charge is 0.204 e. The first kappa shape index (κ1) is 7.12. The van der Waals surface area contributed by atoms with Gasteiger partial charge in [-0.15, -0.1) is 0 Å². The fourth-order valence-electron chi connectivity index (χ4n) is 0.622. The highest BCUT2D eigenvalue weighted by atomic mass is 19.2. The average molecular weight is 145 g/mol. The van der Waals surface area contributed by atoms with Crippen molar-refractivity contribution in [3.8, 4) is 0 Å². The summed E-state index contributed by atoms with van der Waals surface area (Å²) in [6.45, 7) is 1.44. The summed E-state index contributed by atoms with van der Waals surface area (Å²) in [7, 11) is 0. The second kappa shape index (κ2) is 2.33. The van der Waals surface area contributed by atoms with Gasteiger partial charge in [-0.1, -0.05) is 0 Å². The normalized spacial score (nSPS) is 10.0. The van der Waals surface area contributed by atoms with Crippen LogP contribution in [0.15, 0.2) is 6.07 Å². The maximum absolute atomic E-state index is 12.2. The Hall–Kier alpha value is -0.990. The lowest BCUT2D eigenvalue weighted by atomic mass is 10.2. The van der Waals surface area contributed by atoms with Crippen LogP contribution in [0.1, 0.15) is 5.56 Å². The molecule has 1 radical (unpaired) electrons. The van der Waals surface area contributed by atoms with Gasteiger partial charge < -0.3 is 0 Å². The molecule has 0 fully saturated rings. The minimum Gasteiger partial charge on any atom is -0.204 e. The fourth-order valence-corrected chi connectivity index (χ4v) is 0.622. The smallest absolute Gasteiger partial charge is 0.195 e. The van der Waals surface area contributed by atoms with E-state index in [1.807, 2.05) is 6.07 Å². The predicted molar refractivity (Wildman–Crippen MR) is 29.9 cm³/mol. The zero-order chi connectivity index (χ0) is 7.72. The third kappa shape index (κ3) is 1.12. The summed E-state index contributed by atoms with van der Waals surface area (Å²) in [6.07, 6.45) is 0. The molecule has 1 aromatic rings. The first-order valence-electron chi connectivity index (χ1n) is 2.64. The molecule has 0 heterocycles. The van der Waals surface area contributed by atoms with Crippen molar-refractivity contribution < 1.29 is 13.2 Å². The summed E-state index contributed by atoms with van der Waals surface area (Å²) >= 11 is 0. The van der Waals surface area contributed by atoms with Crippen molar-refractivity contribution in [1.29, 1.82) is 0 Å². The zero-order valence-electron chi connectivity index (χ0n) is 5.21. The van der Waals surface area contributed by atoms with Crippen LogP contribution in [0.2, 0.25) is 0 Å². The molecule has 3 heteroatoms. The van der Waals surface area contributed by atoms with E-state index >= 15 is 0 Å². The van der Waals surface area contributed by atoms with Gasteiger partial charge in [-0.3, -0.25) is 0 Å². The topological polar surface area (TPSA) is 0 Å². The molecule has 0 saturated carbocycles. The first-order valence-corrected chi connectivity index (χ1v) is 2.64. The van der Waals surface area contributed by atoms with E-state index in [2.05, 4.69) is 0 Å². The summed E-state index contributed by atoms with van der Waals surface area (Å²) in [6, 6.07) is 2.88. The van der Waals surface area contributed by atoms with Crippen molar-refractivity contribution in [2.45, 2.75) is 6.92 Å². The van der Waals surface area contributed by atoms with Gasteiger partial charge in [0.05, 0.1) is 0 Å². The molecule has 0 bridgehead atoms. The van der Waals surface area contributed by atoms with E-state index in [1.54, 1.807) is 0 Å². The molecule has 0 amide bonds. The predicted octanol–water partition coefficient (Wildman–Crippen LogP) is 2.21. The van der Waals surface area contributed by atoms with Crippen LogP contribution in [0.3, 0.4) is 0 Å². The fraction of sp³-hybridized carbons (Fsp3) is 0.143. The van der Waals surface area contributed by atoms with Crippen LogP contribution in [-0.4, -0.2) is 0 Å². The van der Waals surface area contributed by atoms with E-state index in [0.29, 0.717) is 0 Å². The van der Waals surface area contributed by atoms with E-state index in [9.17, 15) is 13.2 Å². The summed E-state index contributed by atoms with van der Waals surface area (Å²) in [5.74, 6) is -3.91. The Morgan fingerprint density at radius 1 is 1.30 bits per heavy atom. The molecule has 0 aromatic heterocycles. The number of hydrogen-bond acceptors (Lipinski definition) is 0. The van der Waals surface area contributed by atoms with Crippen LogP contribution in [0.4, 0.5) is 13.2 Å². The van der Waals surface area contributed by atoms with E-state index < -0.39 is 17.5 Å². The molecule has 1 rings (SSSR count). The van der Waals surface area contributed by atoms with E-state index in [4.69, 9.17) is 0 Å². The highest BCUT2D eigenvalue weighted by Crippen LogP contribution is 2.11. The van der Waals surface area contributed by atoms with E-state index in [1.165, 1.54) is 6.92 Å². The van der Waals surface area contributed by atoms with Crippen LogP contribution < -0.4 is 0 Å². The van der Waals surface area contributed by atoms with Gasteiger partial charge in [0.1, 0.15) is 0 Å². The SMILES string of the molecule is Cc1[c]c(F)c(F)c(F)c1. The minimum absolute atomic E-state index is 0.247. The Bertz CT molecular complexity index is 232. The van der Waals surface area contributed by atoms with Crippen LogP contribution in [0.25, 0.3) is 0 Å². The monoisotopic (exact) mass is 145 g/mol. The Labute approximate surface area is 56.3 Å². The molecule has 0 N–H and O–H groups in total. The van der Waals surface area contributed by atoms with Gasteiger partial charge >= 0.3 is 0 Å². The average Bonchev–Trinajstić information content (AvgIpc) is 1.82. The zero-order valence-corrected chi connectivity index (χ0v) is 5.21.